The molecule has 2 atom stereocenters. The van der Waals surface area contributed by atoms with Crippen molar-refractivity contribution in [2.45, 2.75) is 12.1 Å². The molecule has 0 aliphatic carbocycles. The van der Waals surface area contributed by atoms with E-state index < -0.39 is 17.9 Å². The zero-order valence-electron chi connectivity index (χ0n) is 12.5. The van der Waals surface area contributed by atoms with Crippen molar-refractivity contribution in [2.75, 3.05) is 39.8 Å². The molecule has 6 nitrogen and oxygen atoms in total. The van der Waals surface area contributed by atoms with Crippen LogP contribution in [0.1, 0.15) is 0 Å². The maximum Gasteiger partial charge on any atom is 0.317 e. The van der Waals surface area contributed by atoms with Crippen LogP contribution in [-0.2, 0) is 4.79 Å². The predicted octanol–water partition coefficient (Wildman–Crippen LogP) is 0.266. The average molecular weight is 312 g/mol. The number of benzene rings is 1. The minimum atomic E-state index is -0.920. The monoisotopic (exact) mass is 312 g/mol. The molecule has 0 bridgehead atoms. The zero-order chi connectivity index (χ0) is 16.1. The summed E-state index contributed by atoms with van der Waals surface area (Å²) in [5.74, 6) is -1.11. The van der Waals surface area contributed by atoms with Crippen molar-refractivity contribution in [3.63, 3.8) is 0 Å². The van der Waals surface area contributed by atoms with Crippen molar-refractivity contribution < 1.29 is 24.1 Å². The molecule has 7 heteroatoms. The molecule has 0 saturated carbocycles. The summed E-state index contributed by atoms with van der Waals surface area (Å²) in [6.45, 7) is 1.76. The molecule has 0 radical (unpaired) electrons. The molecule has 1 fully saturated rings. The van der Waals surface area contributed by atoms with Crippen LogP contribution < -0.4 is 4.74 Å². The van der Waals surface area contributed by atoms with E-state index in [1.807, 2.05) is 4.90 Å². The molecule has 1 aromatic carbocycles. The first-order chi connectivity index (χ1) is 10.5. The molecule has 1 aliphatic rings. The van der Waals surface area contributed by atoms with Crippen molar-refractivity contribution in [2.24, 2.45) is 0 Å². The van der Waals surface area contributed by atoms with Crippen LogP contribution in [0.5, 0.6) is 5.75 Å². The van der Waals surface area contributed by atoms with Crippen LogP contribution in [0.3, 0.4) is 0 Å². The van der Waals surface area contributed by atoms with E-state index in [0.29, 0.717) is 26.2 Å². The molecule has 0 aromatic heterocycles. The number of rotatable bonds is 7. The van der Waals surface area contributed by atoms with E-state index in [9.17, 15) is 14.3 Å². The normalized spacial score (nSPS) is 22.2. The number of hydrogen-bond donors (Lipinski definition) is 2. The highest BCUT2D eigenvalue weighted by molar-refractivity contribution is 5.69. The van der Waals surface area contributed by atoms with E-state index in [0.717, 1.165) is 0 Å². The van der Waals surface area contributed by atoms with E-state index >= 15 is 0 Å². The largest absolute Gasteiger partial charge is 0.489 e. The number of likely N-dealkylation sites (tertiary alicyclic amines) is 1. The first-order valence-electron chi connectivity index (χ1n) is 7.17. The van der Waals surface area contributed by atoms with Crippen LogP contribution in [0.15, 0.2) is 24.3 Å². The first-order valence-corrected chi connectivity index (χ1v) is 7.17. The number of likely N-dealkylation sites (N-methyl/N-ethyl adjacent to an activating group) is 1. The lowest BCUT2D eigenvalue weighted by Crippen LogP contribution is -2.43. The number of aliphatic hydroxyl groups is 1. The van der Waals surface area contributed by atoms with Gasteiger partial charge in [-0.25, -0.2) is 4.39 Å². The molecule has 0 unspecified atom stereocenters. The topological polar surface area (TPSA) is 73.2 Å². The molecule has 0 amide bonds. The molecule has 1 aromatic rings. The molecular weight excluding hydrogens is 291 g/mol. The molecule has 122 valence electrons. The fraction of sp³-hybridized carbons (Fsp3) is 0.533. The molecule has 0 spiro atoms. The maximum absolute atomic E-state index is 13.4. The summed E-state index contributed by atoms with van der Waals surface area (Å²) >= 11 is 0. The smallest absolute Gasteiger partial charge is 0.317 e. The number of ether oxygens (including phenoxy) is 1. The van der Waals surface area contributed by atoms with Gasteiger partial charge in [0.05, 0.1) is 12.6 Å². The predicted molar refractivity (Wildman–Crippen MR) is 78.4 cm³/mol. The minimum Gasteiger partial charge on any atom is -0.489 e. The number of carboxylic acid groups (broad SMARTS) is 1. The average Bonchev–Trinajstić information content (AvgIpc) is 2.81. The number of aliphatic hydroxyl groups excluding tert-OH is 1. The molecule has 1 saturated heterocycles. The summed E-state index contributed by atoms with van der Waals surface area (Å²) in [5, 5.41) is 18.8. The number of halogens is 1. The van der Waals surface area contributed by atoms with Crippen molar-refractivity contribution in [1.82, 2.24) is 9.80 Å². The Morgan fingerprint density at radius 3 is 2.86 bits per heavy atom. The number of carboxylic acids is 1. The highest BCUT2D eigenvalue weighted by Gasteiger charge is 2.34. The van der Waals surface area contributed by atoms with Gasteiger partial charge in [0.15, 0.2) is 11.6 Å². The molecule has 22 heavy (non-hydrogen) atoms. The Balaban J connectivity index is 1.78. The lowest BCUT2D eigenvalue weighted by atomic mass is 10.2. The number of hydrogen-bond acceptors (Lipinski definition) is 5. The minimum absolute atomic E-state index is 0.110. The summed E-state index contributed by atoms with van der Waals surface area (Å²) in [4.78, 5) is 14.3. The third-order valence-electron chi connectivity index (χ3n) is 3.79. The Morgan fingerprint density at radius 2 is 2.18 bits per heavy atom. The van der Waals surface area contributed by atoms with Crippen molar-refractivity contribution in [3.05, 3.63) is 30.1 Å². The molecule has 1 heterocycles. The maximum atomic E-state index is 13.4. The van der Waals surface area contributed by atoms with Gasteiger partial charge in [0, 0.05) is 25.7 Å². The Bertz CT molecular complexity index is 514. The second kappa shape index (κ2) is 7.53. The van der Waals surface area contributed by atoms with E-state index in [4.69, 9.17) is 9.84 Å². The number of nitrogens with zero attached hydrogens (tertiary/aromatic N) is 2. The van der Waals surface area contributed by atoms with Crippen molar-refractivity contribution >= 4 is 5.97 Å². The van der Waals surface area contributed by atoms with Crippen LogP contribution in [0.4, 0.5) is 4.39 Å². The fourth-order valence-electron chi connectivity index (χ4n) is 2.64. The van der Waals surface area contributed by atoms with E-state index in [1.165, 1.54) is 6.07 Å². The van der Waals surface area contributed by atoms with Gasteiger partial charge in [0.25, 0.3) is 0 Å². The zero-order valence-corrected chi connectivity index (χ0v) is 12.5. The Labute approximate surface area is 128 Å². The van der Waals surface area contributed by atoms with Gasteiger partial charge in [0.1, 0.15) is 6.61 Å². The van der Waals surface area contributed by atoms with Crippen molar-refractivity contribution in [3.8, 4) is 5.75 Å². The number of β-amino-alcohol motifs (C(OH)–C–C–N with tert-alkyl or cyclic N) is 1. The summed E-state index contributed by atoms with van der Waals surface area (Å²) < 4.78 is 18.8. The molecule has 2 rings (SSSR count). The lowest BCUT2D eigenvalue weighted by molar-refractivity contribution is -0.138. The fourth-order valence-corrected chi connectivity index (χ4v) is 2.64. The van der Waals surface area contributed by atoms with Gasteiger partial charge in [-0.05, 0) is 19.2 Å². The van der Waals surface area contributed by atoms with Gasteiger partial charge >= 0.3 is 5.97 Å². The highest BCUT2D eigenvalue weighted by Crippen LogP contribution is 2.17. The summed E-state index contributed by atoms with van der Waals surface area (Å²) in [6, 6.07) is 5.99. The summed E-state index contributed by atoms with van der Waals surface area (Å²) in [7, 11) is 1.68. The van der Waals surface area contributed by atoms with E-state index in [1.54, 1.807) is 30.1 Å². The SMILES string of the molecule is CN(CC(=O)O)[C@H]1CN(CCOc2ccccc2F)C[C@H]1O. The Hall–Kier alpha value is -1.70. The third kappa shape index (κ3) is 4.40. The third-order valence-corrected chi connectivity index (χ3v) is 3.79. The van der Waals surface area contributed by atoms with E-state index in [-0.39, 0.29) is 18.3 Å². The second-order valence-electron chi connectivity index (χ2n) is 5.48. The molecular formula is C15H21FN2O4. The van der Waals surface area contributed by atoms with Gasteiger partial charge in [0.2, 0.25) is 0 Å². The lowest BCUT2D eigenvalue weighted by Gasteiger charge is -2.24. The molecule has 1 aliphatic heterocycles. The Kier molecular flexibility index (Phi) is 5.70. The standard InChI is InChI=1S/C15H21FN2O4/c1-17(10-15(20)21)12-8-18(9-13(12)19)6-7-22-14-5-3-2-4-11(14)16/h2-5,12-13,19H,6-10H2,1H3,(H,20,21)/t12-,13+/m0/s1. The second-order valence-corrected chi connectivity index (χ2v) is 5.48. The number of para-hydroxylation sites is 1. The van der Waals surface area contributed by atoms with Crippen LogP contribution in [0, 0.1) is 5.82 Å². The quantitative estimate of drug-likeness (QED) is 0.753. The van der Waals surface area contributed by atoms with Gasteiger partial charge in [-0.1, -0.05) is 12.1 Å². The van der Waals surface area contributed by atoms with Gasteiger partial charge in [-0.15, -0.1) is 0 Å². The van der Waals surface area contributed by atoms with Crippen LogP contribution in [0.25, 0.3) is 0 Å². The first kappa shape index (κ1) is 16.7. The van der Waals surface area contributed by atoms with Gasteiger partial charge < -0.3 is 14.9 Å². The number of aliphatic carboxylic acids is 1. The van der Waals surface area contributed by atoms with Crippen molar-refractivity contribution in [1.29, 1.82) is 0 Å². The van der Waals surface area contributed by atoms with Crippen LogP contribution >= 0.6 is 0 Å². The van der Waals surface area contributed by atoms with Crippen LogP contribution in [0.2, 0.25) is 0 Å². The van der Waals surface area contributed by atoms with Gasteiger partial charge in [-0.2, -0.15) is 0 Å². The van der Waals surface area contributed by atoms with Crippen LogP contribution in [-0.4, -0.2) is 78.0 Å². The van der Waals surface area contributed by atoms with E-state index in [2.05, 4.69) is 0 Å². The highest BCUT2D eigenvalue weighted by atomic mass is 19.1. The summed E-state index contributed by atoms with van der Waals surface area (Å²) in [5.41, 5.74) is 0. The Morgan fingerprint density at radius 1 is 1.45 bits per heavy atom. The van der Waals surface area contributed by atoms with Gasteiger partial charge in [-0.3, -0.25) is 14.6 Å². The molecule has 2 N–H and O–H groups in total. The number of carbonyl (C=O) groups is 1. The summed E-state index contributed by atoms with van der Waals surface area (Å²) in [6.07, 6.45) is -0.599.